The molecule has 0 aliphatic heterocycles. The lowest BCUT2D eigenvalue weighted by atomic mass is 10.2. The first kappa shape index (κ1) is 8.29. The number of rotatable bonds is 3. The summed E-state index contributed by atoms with van der Waals surface area (Å²) in [6, 6.07) is 0. The maximum absolute atomic E-state index is 11.3. The highest BCUT2D eigenvalue weighted by molar-refractivity contribution is 5.77. The van der Waals surface area contributed by atoms with E-state index >= 15 is 0 Å². The summed E-state index contributed by atoms with van der Waals surface area (Å²) in [6.45, 7) is 2.29. The fourth-order valence-electron chi connectivity index (χ4n) is 1.54. The fourth-order valence-corrected chi connectivity index (χ4v) is 1.54. The van der Waals surface area contributed by atoms with Gasteiger partial charge in [-0.15, -0.1) is 0 Å². The average Bonchev–Trinajstić information content (AvgIpc) is 2.74. The summed E-state index contributed by atoms with van der Waals surface area (Å²) in [5, 5.41) is 6.59. The summed E-state index contributed by atoms with van der Waals surface area (Å²) in [5.74, 6) is 0.323. The Balaban J connectivity index is 1.92. The highest BCUT2D eigenvalue weighted by atomic mass is 16.5. The van der Waals surface area contributed by atoms with Gasteiger partial charge in [0.15, 0.2) is 0 Å². The van der Waals surface area contributed by atoms with Gasteiger partial charge in [-0.05, 0) is 18.9 Å². The summed E-state index contributed by atoms with van der Waals surface area (Å²) in [6.07, 6.45) is 4.51. The Morgan fingerprint density at radius 2 is 2.69 bits per heavy atom. The van der Waals surface area contributed by atoms with E-state index in [-0.39, 0.29) is 11.9 Å². The number of aromatic amines is 1. The standard InChI is InChI=1S/C9H12N2O2/c1-2-13-9(12)8-3-7(8)6-4-10-11-5-6/h4-5,7-8H,2-3H2,1H3,(H,10,11)/t7-,8+/m0/s1. The van der Waals surface area contributed by atoms with E-state index in [1.54, 1.807) is 6.20 Å². The van der Waals surface area contributed by atoms with Crippen LogP contribution in [0.4, 0.5) is 0 Å². The maximum Gasteiger partial charge on any atom is 0.309 e. The van der Waals surface area contributed by atoms with E-state index in [9.17, 15) is 4.79 Å². The summed E-state index contributed by atoms with van der Waals surface area (Å²) < 4.78 is 4.92. The number of nitrogens with one attached hydrogen (secondary N) is 1. The molecule has 0 spiro atoms. The second-order valence-electron chi connectivity index (χ2n) is 3.23. The SMILES string of the molecule is CCOC(=O)[C@@H]1C[C@H]1c1cn[nH]c1. The van der Waals surface area contributed by atoms with Crippen LogP contribution in [-0.4, -0.2) is 22.8 Å². The highest BCUT2D eigenvalue weighted by Crippen LogP contribution is 2.47. The second-order valence-corrected chi connectivity index (χ2v) is 3.23. The molecule has 0 amide bonds. The van der Waals surface area contributed by atoms with Gasteiger partial charge in [0.25, 0.3) is 0 Å². The molecule has 1 aliphatic rings. The number of hydrogen-bond donors (Lipinski definition) is 1. The van der Waals surface area contributed by atoms with E-state index in [4.69, 9.17) is 4.74 Å². The van der Waals surface area contributed by atoms with Crippen LogP contribution in [0.25, 0.3) is 0 Å². The molecule has 2 rings (SSSR count). The first-order valence-corrected chi connectivity index (χ1v) is 4.48. The molecule has 4 heteroatoms. The fraction of sp³-hybridized carbons (Fsp3) is 0.556. The Bertz CT molecular complexity index is 295. The molecule has 1 fully saturated rings. The van der Waals surface area contributed by atoms with Gasteiger partial charge in [0.2, 0.25) is 0 Å². The summed E-state index contributed by atoms with van der Waals surface area (Å²) >= 11 is 0. The minimum Gasteiger partial charge on any atom is -0.466 e. The summed E-state index contributed by atoms with van der Waals surface area (Å²) in [7, 11) is 0. The minimum absolute atomic E-state index is 0.0672. The molecule has 13 heavy (non-hydrogen) atoms. The van der Waals surface area contributed by atoms with Crippen LogP contribution in [0.15, 0.2) is 12.4 Å². The number of hydrogen-bond acceptors (Lipinski definition) is 3. The van der Waals surface area contributed by atoms with Crippen LogP contribution in [0.5, 0.6) is 0 Å². The smallest absolute Gasteiger partial charge is 0.309 e. The normalized spacial score (nSPS) is 25.6. The van der Waals surface area contributed by atoms with Gasteiger partial charge in [0.05, 0.1) is 18.7 Å². The molecule has 0 saturated heterocycles. The molecular formula is C9H12N2O2. The third kappa shape index (κ3) is 1.56. The Hall–Kier alpha value is -1.32. The molecule has 1 heterocycles. The lowest BCUT2D eigenvalue weighted by molar-refractivity contribution is -0.144. The van der Waals surface area contributed by atoms with Gasteiger partial charge in [-0.3, -0.25) is 9.89 Å². The molecule has 0 aromatic carbocycles. The van der Waals surface area contributed by atoms with Gasteiger partial charge in [0, 0.05) is 12.1 Å². The van der Waals surface area contributed by atoms with Crippen molar-refractivity contribution in [2.75, 3.05) is 6.61 Å². The van der Waals surface area contributed by atoms with Crippen molar-refractivity contribution in [2.24, 2.45) is 5.92 Å². The van der Waals surface area contributed by atoms with Crippen LogP contribution >= 0.6 is 0 Å². The van der Waals surface area contributed by atoms with Crippen molar-refractivity contribution in [1.29, 1.82) is 0 Å². The van der Waals surface area contributed by atoms with Crippen molar-refractivity contribution in [1.82, 2.24) is 10.2 Å². The average molecular weight is 180 g/mol. The Morgan fingerprint density at radius 3 is 3.31 bits per heavy atom. The molecule has 0 radical (unpaired) electrons. The highest BCUT2D eigenvalue weighted by Gasteiger charge is 2.45. The van der Waals surface area contributed by atoms with Crippen molar-refractivity contribution in [2.45, 2.75) is 19.3 Å². The number of carbonyl (C=O) groups is 1. The van der Waals surface area contributed by atoms with Gasteiger partial charge in [-0.1, -0.05) is 0 Å². The van der Waals surface area contributed by atoms with Gasteiger partial charge < -0.3 is 4.74 Å². The molecule has 4 nitrogen and oxygen atoms in total. The molecule has 0 unspecified atom stereocenters. The van der Waals surface area contributed by atoms with Gasteiger partial charge >= 0.3 is 5.97 Å². The van der Waals surface area contributed by atoms with Crippen LogP contribution in [-0.2, 0) is 9.53 Å². The third-order valence-corrected chi connectivity index (χ3v) is 2.33. The van der Waals surface area contributed by atoms with E-state index in [2.05, 4.69) is 10.2 Å². The van der Waals surface area contributed by atoms with E-state index in [1.165, 1.54) is 0 Å². The lowest BCUT2D eigenvalue weighted by Crippen LogP contribution is -2.06. The first-order valence-electron chi connectivity index (χ1n) is 4.48. The molecular weight excluding hydrogens is 168 g/mol. The topological polar surface area (TPSA) is 55.0 Å². The maximum atomic E-state index is 11.3. The predicted octanol–water partition coefficient (Wildman–Crippen LogP) is 1.08. The monoisotopic (exact) mass is 180 g/mol. The molecule has 0 bridgehead atoms. The van der Waals surface area contributed by atoms with Crippen LogP contribution in [0.3, 0.4) is 0 Å². The molecule has 1 aliphatic carbocycles. The molecule has 1 saturated carbocycles. The lowest BCUT2D eigenvalue weighted by Gasteiger charge is -1.98. The molecule has 2 atom stereocenters. The molecule has 1 aromatic rings. The molecule has 1 aromatic heterocycles. The van der Waals surface area contributed by atoms with Crippen molar-refractivity contribution in [3.63, 3.8) is 0 Å². The number of esters is 1. The van der Waals surface area contributed by atoms with Crippen LogP contribution in [0, 0.1) is 5.92 Å². The zero-order chi connectivity index (χ0) is 9.26. The summed E-state index contributed by atoms with van der Waals surface area (Å²) in [4.78, 5) is 11.3. The largest absolute Gasteiger partial charge is 0.466 e. The summed E-state index contributed by atoms with van der Waals surface area (Å²) in [5.41, 5.74) is 1.11. The van der Waals surface area contributed by atoms with Crippen molar-refractivity contribution in [3.8, 4) is 0 Å². The second kappa shape index (κ2) is 3.20. The number of H-pyrrole nitrogens is 1. The van der Waals surface area contributed by atoms with Crippen molar-refractivity contribution >= 4 is 5.97 Å². The van der Waals surface area contributed by atoms with Crippen LogP contribution in [0.2, 0.25) is 0 Å². The zero-order valence-corrected chi connectivity index (χ0v) is 7.49. The number of ether oxygens (including phenoxy) is 1. The predicted molar refractivity (Wildman–Crippen MR) is 46.1 cm³/mol. The Morgan fingerprint density at radius 1 is 1.85 bits per heavy atom. The van der Waals surface area contributed by atoms with Gasteiger partial charge in [-0.25, -0.2) is 0 Å². The number of aromatic nitrogens is 2. The van der Waals surface area contributed by atoms with E-state index < -0.39 is 0 Å². The quantitative estimate of drug-likeness (QED) is 0.708. The van der Waals surface area contributed by atoms with E-state index in [1.807, 2.05) is 13.1 Å². The van der Waals surface area contributed by atoms with Crippen LogP contribution in [0.1, 0.15) is 24.8 Å². The minimum atomic E-state index is -0.0753. The van der Waals surface area contributed by atoms with Crippen molar-refractivity contribution < 1.29 is 9.53 Å². The van der Waals surface area contributed by atoms with Gasteiger partial charge in [0.1, 0.15) is 0 Å². The van der Waals surface area contributed by atoms with E-state index in [0.29, 0.717) is 12.5 Å². The van der Waals surface area contributed by atoms with Gasteiger partial charge in [-0.2, -0.15) is 5.10 Å². The zero-order valence-electron chi connectivity index (χ0n) is 7.49. The number of nitrogens with zero attached hydrogens (tertiary/aromatic N) is 1. The van der Waals surface area contributed by atoms with E-state index in [0.717, 1.165) is 12.0 Å². The number of carbonyl (C=O) groups excluding carboxylic acids is 1. The van der Waals surface area contributed by atoms with Crippen LogP contribution < -0.4 is 0 Å². The third-order valence-electron chi connectivity index (χ3n) is 2.33. The van der Waals surface area contributed by atoms with Crippen molar-refractivity contribution in [3.05, 3.63) is 18.0 Å². The Kier molecular flexibility index (Phi) is 2.04. The molecule has 70 valence electrons. The molecule has 1 N–H and O–H groups in total. The first-order chi connectivity index (χ1) is 6.33. The Labute approximate surface area is 76.3 Å².